The number of benzene rings is 1. The van der Waals surface area contributed by atoms with Crippen LogP contribution in [0.15, 0.2) is 42.7 Å². The Kier molecular flexibility index (Phi) is 3.38. The first-order valence-corrected chi connectivity index (χ1v) is 6.67. The van der Waals surface area contributed by atoms with Crippen LogP contribution in [-0.4, -0.2) is 25.7 Å². The molecule has 0 atom stereocenters. The Bertz CT molecular complexity index is 820. The molecule has 1 amide bonds. The summed E-state index contributed by atoms with van der Waals surface area (Å²) in [5, 5.41) is 8.69. The van der Waals surface area contributed by atoms with Crippen LogP contribution in [-0.2, 0) is 7.05 Å². The lowest BCUT2D eigenvalue weighted by atomic mass is 10.2. The molecule has 7 heteroatoms. The minimum Gasteiger partial charge on any atom is -0.391 e. The van der Waals surface area contributed by atoms with Crippen molar-refractivity contribution in [3.05, 3.63) is 48.3 Å². The number of aromatic nitrogens is 4. The minimum absolute atomic E-state index is 0.303. The zero-order valence-corrected chi connectivity index (χ0v) is 12.2. The first-order valence-electron chi connectivity index (χ1n) is 6.67. The molecular weight excluding hydrogens is 282 g/mol. The van der Waals surface area contributed by atoms with Crippen LogP contribution in [0.1, 0.15) is 5.56 Å². The average Bonchev–Trinajstić information content (AvgIpc) is 3.05. The van der Waals surface area contributed by atoms with E-state index >= 15 is 0 Å². The fourth-order valence-corrected chi connectivity index (χ4v) is 2.26. The van der Waals surface area contributed by atoms with Crippen molar-refractivity contribution in [2.45, 2.75) is 6.92 Å². The fourth-order valence-electron chi connectivity index (χ4n) is 2.26. The SMILES string of the molecule is Cc1c(-c2cnn(C)c2)nn(-c2ccccc2)c1OC(N)=O. The number of para-hydroxylation sites is 1. The van der Waals surface area contributed by atoms with Gasteiger partial charge in [-0.3, -0.25) is 4.68 Å². The monoisotopic (exact) mass is 297 g/mol. The Balaban J connectivity index is 2.18. The van der Waals surface area contributed by atoms with E-state index in [2.05, 4.69) is 10.2 Å². The van der Waals surface area contributed by atoms with E-state index in [4.69, 9.17) is 10.5 Å². The largest absolute Gasteiger partial charge is 0.411 e. The van der Waals surface area contributed by atoms with Crippen LogP contribution < -0.4 is 10.5 Å². The maximum Gasteiger partial charge on any atom is 0.411 e. The minimum atomic E-state index is -0.877. The van der Waals surface area contributed by atoms with E-state index in [1.165, 1.54) is 0 Å². The first kappa shape index (κ1) is 13.9. The summed E-state index contributed by atoms with van der Waals surface area (Å²) in [5.74, 6) is 0.303. The van der Waals surface area contributed by atoms with Crippen molar-refractivity contribution in [3.8, 4) is 22.8 Å². The van der Waals surface area contributed by atoms with Gasteiger partial charge >= 0.3 is 6.09 Å². The Labute approximate surface area is 126 Å². The van der Waals surface area contributed by atoms with E-state index < -0.39 is 6.09 Å². The molecule has 0 fully saturated rings. The van der Waals surface area contributed by atoms with Gasteiger partial charge in [0.05, 0.1) is 11.9 Å². The van der Waals surface area contributed by atoms with Gasteiger partial charge in [0, 0.05) is 24.4 Å². The summed E-state index contributed by atoms with van der Waals surface area (Å²) in [5.41, 5.74) is 8.19. The van der Waals surface area contributed by atoms with E-state index in [0.717, 1.165) is 16.8 Å². The van der Waals surface area contributed by atoms with E-state index in [0.29, 0.717) is 11.6 Å². The Morgan fingerprint density at radius 2 is 2.00 bits per heavy atom. The van der Waals surface area contributed by atoms with Crippen molar-refractivity contribution in [1.29, 1.82) is 0 Å². The molecule has 22 heavy (non-hydrogen) atoms. The number of carbonyl (C=O) groups excluding carboxylic acids is 1. The predicted molar refractivity (Wildman–Crippen MR) is 80.7 cm³/mol. The van der Waals surface area contributed by atoms with Gasteiger partial charge in [-0.15, -0.1) is 0 Å². The molecule has 7 nitrogen and oxygen atoms in total. The number of ether oxygens (including phenoxy) is 1. The molecule has 0 aliphatic rings. The van der Waals surface area contributed by atoms with Gasteiger partial charge in [0.2, 0.25) is 5.88 Å². The molecule has 0 unspecified atom stereocenters. The first-order chi connectivity index (χ1) is 10.6. The molecule has 2 N–H and O–H groups in total. The van der Waals surface area contributed by atoms with Crippen LogP contribution in [0.2, 0.25) is 0 Å². The molecule has 0 saturated carbocycles. The molecule has 0 aliphatic carbocycles. The number of nitrogens with zero attached hydrogens (tertiary/aromatic N) is 4. The quantitative estimate of drug-likeness (QED) is 0.801. The van der Waals surface area contributed by atoms with Crippen molar-refractivity contribution in [3.63, 3.8) is 0 Å². The molecule has 1 aromatic carbocycles. The summed E-state index contributed by atoms with van der Waals surface area (Å²) in [6.45, 7) is 1.83. The zero-order valence-electron chi connectivity index (χ0n) is 12.2. The molecule has 0 radical (unpaired) electrons. The third-order valence-corrected chi connectivity index (χ3v) is 3.24. The number of amides is 1. The third kappa shape index (κ3) is 2.44. The number of hydrogen-bond donors (Lipinski definition) is 1. The van der Waals surface area contributed by atoms with Gasteiger partial charge in [-0.2, -0.15) is 14.9 Å². The van der Waals surface area contributed by atoms with Gasteiger partial charge in [0.25, 0.3) is 0 Å². The lowest BCUT2D eigenvalue weighted by molar-refractivity contribution is 0.207. The van der Waals surface area contributed by atoms with E-state index in [-0.39, 0.29) is 0 Å². The van der Waals surface area contributed by atoms with Gasteiger partial charge in [0.15, 0.2) is 0 Å². The number of primary amides is 1. The molecule has 0 bridgehead atoms. The topological polar surface area (TPSA) is 88.0 Å². The smallest absolute Gasteiger partial charge is 0.391 e. The average molecular weight is 297 g/mol. The number of nitrogens with two attached hydrogens (primary N) is 1. The number of rotatable bonds is 3. The highest BCUT2D eigenvalue weighted by molar-refractivity contribution is 5.71. The molecule has 0 aliphatic heterocycles. The van der Waals surface area contributed by atoms with Crippen LogP contribution in [0.4, 0.5) is 4.79 Å². The molecule has 2 aromatic heterocycles. The van der Waals surface area contributed by atoms with Crippen molar-refractivity contribution < 1.29 is 9.53 Å². The molecule has 0 saturated heterocycles. The van der Waals surface area contributed by atoms with E-state index in [1.807, 2.05) is 50.5 Å². The van der Waals surface area contributed by atoms with Crippen LogP contribution in [0, 0.1) is 6.92 Å². The number of carbonyl (C=O) groups is 1. The molecule has 2 heterocycles. The van der Waals surface area contributed by atoms with E-state index in [9.17, 15) is 4.79 Å². The molecule has 3 rings (SSSR count). The summed E-state index contributed by atoms with van der Waals surface area (Å²) in [7, 11) is 1.83. The Hall–Kier alpha value is -3.09. The second kappa shape index (κ2) is 5.36. The normalized spacial score (nSPS) is 10.6. The number of aryl methyl sites for hydroxylation is 1. The van der Waals surface area contributed by atoms with Crippen molar-refractivity contribution in [2.24, 2.45) is 12.8 Å². The van der Waals surface area contributed by atoms with Crippen LogP contribution >= 0.6 is 0 Å². The second-order valence-corrected chi connectivity index (χ2v) is 4.85. The summed E-state index contributed by atoms with van der Waals surface area (Å²) in [4.78, 5) is 11.2. The third-order valence-electron chi connectivity index (χ3n) is 3.24. The fraction of sp³-hybridized carbons (Fsp3) is 0.133. The summed E-state index contributed by atoms with van der Waals surface area (Å²) in [6, 6.07) is 9.39. The van der Waals surface area contributed by atoms with Crippen LogP contribution in [0.3, 0.4) is 0 Å². The van der Waals surface area contributed by atoms with Gasteiger partial charge < -0.3 is 10.5 Å². The maximum absolute atomic E-state index is 11.2. The Morgan fingerprint density at radius 3 is 2.59 bits per heavy atom. The van der Waals surface area contributed by atoms with Gasteiger partial charge in [0.1, 0.15) is 5.69 Å². The molecule has 0 spiro atoms. The molecule has 112 valence electrons. The number of hydrogen-bond acceptors (Lipinski definition) is 4. The highest BCUT2D eigenvalue weighted by atomic mass is 16.6. The lowest BCUT2D eigenvalue weighted by Gasteiger charge is -2.06. The highest BCUT2D eigenvalue weighted by Gasteiger charge is 2.20. The van der Waals surface area contributed by atoms with Crippen molar-refractivity contribution in [2.75, 3.05) is 0 Å². The van der Waals surface area contributed by atoms with Gasteiger partial charge in [-0.05, 0) is 19.1 Å². The summed E-state index contributed by atoms with van der Waals surface area (Å²) >= 11 is 0. The van der Waals surface area contributed by atoms with E-state index in [1.54, 1.807) is 15.6 Å². The predicted octanol–water partition coefficient (Wildman–Crippen LogP) is 2.04. The molecular formula is C15H15N5O2. The van der Waals surface area contributed by atoms with Crippen LogP contribution in [0.5, 0.6) is 5.88 Å². The summed E-state index contributed by atoms with van der Waals surface area (Å²) < 4.78 is 8.40. The van der Waals surface area contributed by atoms with Gasteiger partial charge in [-0.25, -0.2) is 4.79 Å². The van der Waals surface area contributed by atoms with Crippen molar-refractivity contribution in [1.82, 2.24) is 19.6 Å². The lowest BCUT2D eigenvalue weighted by Crippen LogP contribution is -2.18. The molecule has 3 aromatic rings. The zero-order chi connectivity index (χ0) is 15.7. The second-order valence-electron chi connectivity index (χ2n) is 4.85. The van der Waals surface area contributed by atoms with Gasteiger partial charge in [-0.1, -0.05) is 18.2 Å². The maximum atomic E-state index is 11.2. The summed E-state index contributed by atoms with van der Waals surface area (Å²) in [6.07, 6.45) is 2.68. The van der Waals surface area contributed by atoms with Crippen molar-refractivity contribution >= 4 is 6.09 Å². The Morgan fingerprint density at radius 1 is 1.27 bits per heavy atom. The van der Waals surface area contributed by atoms with Crippen LogP contribution in [0.25, 0.3) is 16.9 Å². The standard InChI is InChI=1S/C15H15N5O2/c1-10-13(11-8-17-19(2)9-11)18-20(14(10)22-15(16)21)12-6-4-3-5-7-12/h3-9H,1-2H3,(H2,16,21). The highest BCUT2D eigenvalue weighted by Crippen LogP contribution is 2.31.